The Morgan fingerprint density at radius 3 is 2.94 bits per heavy atom. The number of rotatable bonds is 6. The lowest BCUT2D eigenvalue weighted by atomic mass is 10.3. The second-order valence-electron chi connectivity index (χ2n) is 4.33. The van der Waals surface area contributed by atoms with Crippen LogP contribution in [0.4, 0.5) is 0 Å². The van der Waals surface area contributed by atoms with Crippen LogP contribution < -0.4 is 5.32 Å². The van der Waals surface area contributed by atoms with Crippen LogP contribution in [-0.4, -0.2) is 27.7 Å². The molecule has 0 aliphatic rings. The SMILES string of the molecule is CC(NCCCS(C)=O)c1nc2ccccc2s1. The molecule has 1 heterocycles. The predicted octanol–water partition coefficient (Wildman–Crippen LogP) is 2.72. The lowest BCUT2D eigenvalue weighted by molar-refractivity contribution is 0.569. The van der Waals surface area contributed by atoms with Gasteiger partial charge in [-0.1, -0.05) is 12.1 Å². The van der Waals surface area contributed by atoms with Crippen molar-refractivity contribution in [1.82, 2.24) is 10.3 Å². The van der Waals surface area contributed by atoms with E-state index in [0.29, 0.717) is 0 Å². The van der Waals surface area contributed by atoms with Crippen molar-refractivity contribution in [3.8, 4) is 0 Å². The first-order valence-corrected chi connectivity index (χ1v) is 8.60. The van der Waals surface area contributed by atoms with Crippen molar-refractivity contribution in [3.63, 3.8) is 0 Å². The lowest BCUT2D eigenvalue weighted by Gasteiger charge is -2.10. The molecule has 18 heavy (non-hydrogen) atoms. The van der Waals surface area contributed by atoms with Gasteiger partial charge in [0.1, 0.15) is 5.01 Å². The first-order valence-electron chi connectivity index (χ1n) is 6.05. The van der Waals surface area contributed by atoms with Gasteiger partial charge in [-0.05, 0) is 32.0 Å². The van der Waals surface area contributed by atoms with Crippen molar-refractivity contribution >= 4 is 32.4 Å². The topological polar surface area (TPSA) is 42.0 Å². The van der Waals surface area contributed by atoms with Crippen molar-refractivity contribution in [2.24, 2.45) is 0 Å². The molecule has 0 amide bonds. The zero-order chi connectivity index (χ0) is 13.0. The molecule has 2 unspecified atom stereocenters. The van der Waals surface area contributed by atoms with Crippen LogP contribution in [0.2, 0.25) is 0 Å². The number of para-hydroxylation sites is 1. The van der Waals surface area contributed by atoms with Gasteiger partial charge in [-0.2, -0.15) is 0 Å². The van der Waals surface area contributed by atoms with Crippen LogP contribution in [-0.2, 0) is 10.8 Å². The Bertz CT molecular complexity index is 506. The molecule has 2 aromatic rings. The summed E-state index contributed by atoms with van der Waals surface area (Å²) < 4.78 is 12.2. The quantitative estimate of drug-likeness (QED) is 0.828. The van der Waals surface area contributed by atoms with Gasteiger partial charge in [-0.25, -0.2) is 4.98 Å². The first kappa shape index (κ1) is 13.6. The molecule has 2 rings (SSSR count). The fourth-order valence-electron chi connectivity index (χ4n) is 1.76. The van der Waals surface area contributed by atoms with E-state index in [0.717, 1.165) is 29.2 Å². The van der Waals surface area contributed by atoms with E-state index in [9.17, 15) is 4.21 Å². The maximum absolute atomic E-state index is 10.9. The van der Waals surface area contributed by atoms with Gasteiger partial charge in [-0.15, -0.1) is 11.3 Å². The van der Waals surface area contributed by atoms with Crippen LogP contribution in [0.5, 0.6) is 0 Å². The van der Waals surface area contributed by atoms with E-state index in [2.05, 4.69) is 23.3 Å². The van der Waals surface area contributed by atoms with Gasteiger partial charge < -0.3 is 5.32 Å². The average molecular weight is 282 g/mol. The summed E-state index contributed by atoms with van der Waals surface area (Å²) in [6.07, 6.45) is 2.69. The highest BCUT2D eigenvalue weighted by Crippen LogP contribution is 2.25. The fraction of sp³-hybridized carbons (Fsp3) is 0.462. The Balaban J connectivity index is 1.92. The summed E-state index contributed by atoms with van der Waals surface area (Å²) in [5.41, 5.74) is 1.07. The maximum Gasteiger partial charge on any atom is 0.111 e. The molecule has 5 heteroatoms. The van der Waals surface area contributed by atoms with Crippen LogP contribution in [0.25, 0.3) is 10.2 Å². The van der Waals surface area contributed by atoms with Gasteiger partial charge in [0, 0.05) is 22.8 Å². The first-order chi connectivity index (χ1) is 8.66. The highest BCUT2D eigenvalue weighted by atomic mass is 32.2. The fourth-order valence-corrected chi connectivity index (χ4v) is 3.30. The van der Waals surface area contributed by atoms with Crippen molar-refractivity contribution in [2.75, 3.05) is 18.6 Å². The summed E-state index contributed by atoms with van der Waals surface area (Å²) in [6.45, 7) is 3.01. The monoisotopic (exact) mass is 282 g/mol. The van der Waals surface area contributed by atoms with Crippen molar-refractivity contribution in [3.05, 3.63) is 29.3 Å². The van der Waals surface area contributed by atoms with E-state index in [-0.39, 0.29) is 6.04 Å². The number of hydrogen-bond donors (Lipinski definition) is 1. The zero-order valence-electron chi connectivity index (χ0n) is 10.7. The van der Waals surface area contributed by atoms with E-state index >= 15 is 0 Å². The summed E-state index contributed by atoms with van der Waals surface area (Å²) in [5.74, 6) is 0.763. The second-order valence-corrected chi connectivity index (χ2v) is 6.94. The van der Waals surface area contributed by atoms with Gasteiger partial charge in [0.2, 0.25) is 0 Å². The zero-order valence-corrected chi connectivity index (χ0v) is 12.3. The Morgan fingerprint density at radius 1 is 1.44 bits per heavy atom. The molecule has 1 aromatic heterocycles. The number of fused-ring (bicyclic) bond motifs is 1. The molecule has 0 aliphatic heterocycles. The highest BCUT2D eigenvalue weighted by Gasteiger charge is 2.10. The largest absolute Gasteiger partial charge is 0.308 e. The van der Waals surface area contributed by atoms with Crippen LogP contribution in [0.1, 0.15) is 24.4 Å². The molecule has 0 bridgehead atoms. The van der Waals surface area contributed by atoms with Crippen molar-refractivity contribution in [2.45, 2.75) is 19.4 Å². The Morgan fingerprint density at radius 2 is 2.22 bits per heavy atom. The van der Waals surface area contributed by atoms with E-state index in [4.69, 9.17) is 0 Å². The Hall–Kier alpha value is -0.780. The molecule has 0 saturated carbocycles. The van der Waals surface area contributed by atoms with Crippen LogP contribution in [0.15, 0.2) is 24.3 Å². The number of aromatic nitrogens is 1. The summed E-state index contributed by atoms with van der Waals surface area (Å²) in [7, 11) is -0.690. The molecule has 0 radical (unpaired) electrons. The molecule has 3 nitrogen and oxygen atoms in total. The van der Waals surface area contributed by atoms with Crippen molar-refractivity contribution < 1.29 is 4.21 Å². The molecule has 0 spiro atoms. The smallest absolute Gasteiger partial charge is 0.111 e. The summed E-state index contributed by atoms with van der Waals surface area (Å²) >= 11 is 1.74. The van der Waals surface area contributed by atoms with Gasteiger partial charge in [0.05, 0.1) is 16.3 Å². The average Bonchev–Trinajstić information content (AvgIpc) is 2.78. The third-order valence-electron chi connectivity index (χ3n) is 2.74. The minimum absolute atomic E-state index is 0.257. The van der Waals surface area contributed by atoms with Crippen LogP contribution in [0.3, 0.4) is 0 Å². The van der Waals surface area contributed by atoms with E-state index in [1.165, 1.54) is 4.70 Å². The number of hydrogen-bond acceptors (Lipinski definition) is 4. The Labute approximate surface area is 114 Å². The van der Waals surface area contributed by atoms with E-state index in [1.807, 2.05) is 18.2 Å². The molecular weight excluding hydrogens is 264 g/mol. The van der Waals surface area contributed by atoms with Gasteiger partial charge in [0.25, 0.3) is 0 Å². The number of benzene rings is 1. The summed E-state index contributed by atoms with van der Waals surface area (Å²) in [4.78, 5) is 4.62. The molecule has 1 aromatic carbocycles. The highest BCUT2D eigenvalue weighted by molar-refractivity contribution is 7.84. The number of nitrogens with one attached hydrogen (secondary N) is 1. The van der Waals surface area contributed by atoms with Gasteiger partial charge in [0.15, 0.2) is 0 Å². The van der Waals surface area contributed by atoms with Gasteiger partial charge in [-0.3, -0.25) is 4.21 Å². The molecule has 1 N–H and O–H groups in total. The normalized spacial score (nSPS) is 14.8. The molecule has 2 atom stereocenters. The second kappa shape index (κ2) is 6.41. The van der Waals surface area contributed by atoms with Crippen LogP contribution >= 0.6 is 11.3 Å². The lowest BCUT2D eigenvalue weighted by Crippen LogP contribution is -2.20. The molecular formula is C13H18N2OS2. The van der Waals surface area contributed by atoms with E-state index < -0.39 is 10.8 Å². The standard InChI is InChI=1S/C13H18N2OS2/c1-10(14-8-5-9-18(2)16)13-15-11-6-3-4-7-12(11)17-13/h3-4,6-7,10,14H,5,8-9H2,1-2H3. The summed E-state index contributed by atoms with van der Waals surface area (Å²) in [5, 5.41) is 4.55. The van der Waals surface area contributed by atoms with Crippen molar-refractivity contribution in [1.29, 1.82) is 0 Å². The Kier molecular flexibility index (Phi) is 4.86. The van der Waals surface area contributed by atoms with Gasteiger partial charge >= 0.3 is 0 Å². The molecule has 98 valence electrons. The maximum atomic E-state index is 10.9. The van der Waals surface area contributed by atoms with E-state index in [1.54, 1.807) is 17.6 Å². The third-order valence-corrected chi connectivity index (χ3v) is 4.82. The number of thiazole rings is 1. The van der Waals surface area contributed by atoms with Crippen LogP contribution in [0, 0.1) is 0 Å². The predicted molar refractivity (Wildman–Crippen MR) is 79.6 cm³/mol. The molecule has 0 fully saturated rings. The summed E-state index contributed by atoms with van der Waals surface area (Å²) in [6, 6.07) is 8.46. The minimum Gasteiger partial charge on any atom is -0.308 e. The molecule has 0 saturated heterocycles. The third kappa shape index (κ3) is 3.60. The molecule has 0 aliphatic carbocycles. The number of nitrogens with zero attached hydrogens (tertiary/aromatic N) is 1. The minimum atomic E-state index is -0.690.